The van der Waals surface area contributed by atoms with E-state index in [1.54, 1.807) is 17.9 Å². The van der Waals surface area contributed by atoms with Gasteiger partial charge in [-0.15, -0.1) is 0 Å². The topological polar surface area (TPSA) is 69.6 Å². The molecular formula is C20H22N2O3. The Labute approximate surface area is 147 Å². The second-order valence-corrected chi connectivity index (χ2v) is 6.42. The van der Waals surface area contributed by atoms with Crippen LogP contribution in [0.2, 0.25) is 0 Å². The minimum atomic E-state index is -0.225. The van der Waals surface area contributed by atoms with Gasteiger partial charge in [0.1, 0.15) is 5.75 Å². The van der Waals surface area contributed by atoms with Crippen LogP contribution in [0.5, 0.6) is 5.75 Å². The molecule has 5 heteroatoms. The molecule has 2 amide bonds. The third-order valence-electron chi connectivity index (χ3n) is 4.59. The number of anilines is 1. The Morgan fingerprint density at radius 1 is 1.20 bits per heavy atom. The van der Waals surface area contributed by atoms with Crippen molar-refractivity contribution in [2.24, 2.45) is 5.92 Å². The Kier molecular flexibility index (Phi) is 4.74. The van der Waals surface area contributed by atoms with E-state index in [2.05, 4.69) is 12.2 Å². The second-order valence-electron chi connectivity index (χ2n) is 6.42. The predicted molar refractivity (Wildman–Crippen MR) is 96.4 cm³/mol. The molecule has 2 atom stereocenters. The SMILES string of the molecule is CCC(=O)Nc1ccc(O)c(C(=O)N2CC(C)C2c2ccccc2)c1. The number of amides is 2. The van der Waals surface area contributed by atoms with Gasteiger partial charge in [-0.1, -0.05) is 44.2 Å². The average Bonchev–Trinajstić information content (AvgIpc) is 2.61. The van der Waals surface area contributed by atoms with Crippen molar-refractivity contribution in [3.63, 3.8) is 0 Å². The van der Waals surface area contributed by atoms with Crippen LogP contribution in [-0.2, 0) is 4.79 Å². The van der Waals surface area contributed by atoms with Crippen LogP contribution in [0.3, 0.4) is 0 Å². The van der Waals surface area contributed by atoms with E-state index in [0.29, 0.717) is 24.6 Å². The molecule has 3 rings (SSSR count). The quantitative estimate of drug-likeness (QED) is 0.837. The largest absolute Gasteiger partial charge is 0.507 e. The summed E-state index contributed by atoms with van der Waals surface area (Å²) in [6.45, 7) is 4.51. The molecule has 1 aliphatic heterocycles. The maximum absolute atomic E-state index is 12.9. The van der Waals surface area contributed by atoms with Crippen LogP contribution in [0.1, 0.15) is 42.2 Å². The molecule has 1 fully saturated rings. The van der Waals surface area contributed by atoms with Crippen molar-refractivity contribution in [3.05, 3.63) is 59.7 Å². The van der Waals surface area contributed by atoms with Crippen LogP contribution in [0.25, 0.3) is 0 Å². The van der Waals surface area contributed by atoms with E-state index in [-0.39, 0.29) is 29.2 Å². The highest BCUT2D eigenvalue weighted by Crippen LogP contribution is 2.40. The molecule has 130 valence electrons. The van der Waals surface area contributed by atoms with Gasteiger partial charge in [-0.25, -0.2) is 0 Å². The fourth-order valence-corrected chi connectivity index (χ4v) is 3.25. The van der Waals surface area contributed by atoms with E-state index in [9.17, 15) is 14.7 Å². The molecule has 5 nitrogen and oxygen atoms in total. The highest BCUT2D eigenvalue weighted by atomic mass is 16.3. The van der Waals surface area contributed by atoms with Crippen LogP contribution >= 0.6 is 0 Å². The Morgan fingerprint density at radius 2 is 1.92 bits per heavy atom. The first-order valence-corrected chi connectivity index (χ1v) is 8.50. The van der Waals surface area contributed by atoms with Crippen molar-refractivity contribution in [1.29, 1.82) is 0 Å². The minimum Gasteiger partial charge on any atom is -0.507 e. The summed E-state index contributed by atoms with van der Waals surface area (Å²) >= 11 is 0. The first-order valence-electron chi connectivity index (χ1n) is 8.50. The molecule has 2 aromatic rings. The molecule has 2 N–H and O–H groups in total. The van der Waals surface area contributed by atoms with E-state index in [4.69, 9.17) is 0 Å². The van der Waals surface area contributed by atoms with E-state index in [0.717, 1.165) is 5.56 Å². The number of hydrogen-bond acceptors (Lipinski definition) is 3. The molecule has 1 aliphatic rings. The Bertz CT molecular complexity index is 789. The van der Waals surface area contributed by atoms with Crippen LogP contribution in [-0.4, -0.2) is 28.4 Å². The number of phenols is 1. The molecule has 0 bridgehead atoms. The zero-order valence-electron chi connectivity index (χ0n) is 14.4. The number of aromatic hydroxyl groups is 1. The maximum atomic E-state index is 12.9. The van der Waals surface area contributed by atoms with E-state index >= 15 is 0 Å². The number of carbonyl (C=O) groups is 2. The van der Waals surface area contributed by atoms with Gasteiger partial charge in [0.15, 0.2) is 0 Å². The number of likely N-dealkylation sites (tertiary alicyclic amines) is 1. The van der Waals surface area contributed by atoms with Crippen molar-refractivity contribution in [2.75, 3.05) is 11.9 Å². The zero-order chi connectivity index (χ0) is 18.0. The lowest BCUT2D eigenvalue weighted by atomic mass is 9.84. The molecule has 1 saturated heterocycles. The molecule has 0 radical (unpaired) electrons. The Hall–Kier alpha value is -2.82. The van der Waals surface area contributed by atoms with Gasteiger partial charge in [-0.2, -0.15) is 0 Å². The third-order valence-corrected chi connectivity index (χ3v) is 4.59. The summed E-state index contributed by atoms with van der Waals surface area (Å²) in [7, 11) is 0. The van der Waals surface area contributed by atoms with Crippen LogP contribution in [0.4, 0.5) is 5.69 Å². The van der Waals surface area contributed by atoms with Gasteiger partial charge in [-0.3, -0.25) is 9.59 Å². The number of benzene rings is 2. The fraction of sp³-hybridized carbons (Fsp3) is 0.300. The lowest BCUT2D eigenvalue weighted by Crippen LogP contribution is -2.51. The lowest BCUT2D eigenvalue weighted by molar-refractivity contribution is -0.115. The van der Waals surface area contributed by atoms with Gasteiger partial charge >= 0.3 is 0 Å². The summed E-state index contributed by atoms with van der Waals surface area (Å²) in [5.41, 5.74) is 1.81. The normalized spacial score (nSPS) is 19.2. The summed E-state index contributed by atoms with van der Waals surface area (Å²) in [4.78, 5) is 26.3. The number of nitrogens with zero attached hydrogens (tertiary/aromatic N) is 1. The molecule has 0 saturated carbocycles. The van der Waals surface area contributed by atoms with Crippen LogP contribution in [0.15, 0.2) is 48.5 Å². The lowest BCUT2D eigenvalue weighted by Gasteiger charge is -2.47. The van der Waals surface area contributed by atoms with E-state index in [1.807, 2.05) is 30.3 Å². The number of nitrogens with one attached hydrogen (secondary N) is 1. The average molecular weight is 338 g/mol. The van der Waals surface area contributed by atoms with E-state index < -0.39 is 0 Å². The smallest absolute Gasteiger partial charge is 0.258 e. The predicted octanol–water partition coefficient (Wildman–Crippen LogP) is 3.57. The molecule has 25 heavy (non-hydrogen) atoms. The van der Waals surface area contributed by atoms with Crippen molar-refractivity contribution in [2.45, 2.75) is 26.3 Å². The highest BCUT2D eigenvalue weighted by molar-refractivity contribution is 6.00. The molecule has 1 heterocycles. The fourth-order valence-electron chi connectivity index (χ4n) is 3.25. The number of hydrogen-bond donors (Lipinski definition) is 2. The third kappa shape index (κ3) is 3.36. The maximum Gasteiger partial charge on any atom is 0.258 e. The molecule has 2 aromatic carbocycles. The molecule has 0 aliphatic carbocycles. The van der Waals surface area contributed by atoms with Gasteiger partial charge in [0.05, 0.1) is 11.6 Å². The first-order chi connectivity index (χ1) is 12.0. The summed E-state index contributed by atoms with van der Waals surface area (Å²) in [6.07, 6.45) is 0.351. The number of carbonyl (C=O) groups excluding carboxylic acids is 2. The summed E-state index contributed by atoms with van der Waals surface area (Å²) in [5, 5.41) is 12.8. The molecule has 2 unspecified atom stereocenters. The number of rotatable bonds is 4. The molecule has 0 spiro atoms. The summed E-state index contributed by atoms with van der Waals surface area (Å²) in [6, 6.07) is 14.5. The first kappa shape index (κ1) is 17.0. The van der Waals surface area contributed by atoms with Gasteiger partial charge in [-0.05, 0) is 29.7 Å². The minimum absolute atomic E-state index is 0.00184. The van der Waals surface area contributed by atoms with Gasteiger partial charge in [0.2, 0.25) is 5.91 Å². The standard InChI is InChI=1S/C20H22N2O3/c1-3-18(24)21-15-9-10-17(23)16(11-15)20(25)22-12-13(2)19(22)14-7-5-4-6-8-14/h4-11,13,19,23H,3,12H2,1-2H3,(H,21,24). The Morgan fingerprint density at radius 3 is 2.56 bits per heavy atom. The van der Waals surface area contributed by atoms with Crippen molar-refractivity contribution >= 4 is 17.5 Å². The molecule has 0 aromatic heterocycles. The van der Waals surface area contributed by atoms with Gasteiger partial charge in [0, 0.05) is 18.7 Å². The highest BCUT2D eigenvalue weighted by Gasteiger charge is 2.40. The Balaban J connectivity index is 1.85. The second kappa shape index (κ2) is 6.97. The zero-order valence-corrected chi connectivity index (χ0v) is 14.4. The number of phenolic OH excluding ortho intramolecular Hbond substituents is 1. The van der Waals surface area contributed by atoms with E-state index in [1.165, 1.54) is 12.1 Å². The molecular weight excluding hydrogens is 316 g/mol. The van der Waals surface area contributed by atoms with Crippen molar-refractivity contribution in [3.8, 4) is 5.75 Å². The van der Waals surface area contributed by atoms with Gasteiger partial charge in [0.25, 0.3) is 5.91 Å². The summed E-state index contributed by atoms with van der Waals surface area (Å²) in [5.74, 6) is -0.0804. The summed E-state index contributed by atoms with van der Waals surface area (Å²) < 4.78 is 0. The monoisotopic (exact) mass is 338 g/mol. The van der Waals surface area contributed by atoms with Crippen molar-refractivity contribution in [1.82, 2.24) is 4.90 Å². The van der Waals surface area contributed by atoms with Gasteiger partial charge < -0.3 is 15.3 Å². The van der Waals surface area contributed by atoms with Crippen LogP contribution < -0.4 is 5.32 Å². The van der Waals surface area contributed by atoms with Crippen LogP contribution in [0, 0.1) is 5.92 Å². The van der Waals surface area contributed by atoms with Crippen molar-refractivity contribution < 1.29 is 14.7 Å².